The molecule has 9 heteroatoms. The van der Waals surface area contributed by atoms with E-state index in [4.69, 9.17) is 26.8 Å². The number of nitrogens with one attached hydrogen (secondary N) is 1. The van der Waals surface area contributed by atoms with Crippen LogP contribution in [0.3, 0.4) is 0 Å². The average molecular weight is 432 g/mol. The number of hydrogen-bond acceptors (Lipinski definition) is 5. The first kappa shape index (κ1) is 20.9. The van der Waals surface area contributed by atoms with Crippen molar-refractivity contribution in [2.75, 3.05) is 13.1 Å². The number of aliphatic imine (C=N–C) groups is 1. The van der Waals surface area contributed by atoms with E-state index in [0.717, 1.165) is 45.4 Å². The minimum Gasteiger partial charge on any atom is -0.472 e. The summed E-state index contributed by atoms with van der Waals surface area (Å²) in [5, 5.41) is 13.2. The molecular formula is C22H23N8S-. The van der Waals surface area contributed by atoms with Crippen LogP contribution < -0.4 is 16.8 Å². The van der Waals surface area contributed by atoms with E-state index in [-0.39, 0.29) is 5.84 Å². The van der Waals surface area contributed by atoms with Crippen molar-refractivity contribution in [2.24, 2.45) is 16.5 Å². The number of aromatic nitrogens is 3. The van der Waals surface area contributed by atoms with Crippen LogP contribution in [0.4, 0.5) is 0 Å². The molecule has 0 unspecified atom stereocenters. The number of hydrogen-bond donors (Lipinski definition) is 3. The van der Waals surface area contributed by atoms with Crippen molar-refractivity contribution >= 4 is 29.2 Å². The molecule has 0 bridgehead atoms. The average Bonchev–Trinajstić information content (AvgIpc) is 3.35. The molecule has 0 atom stereocenters. The number of nitrogens with zero attached hydrogens (tertiary/aromatic N) is 5. The number of rotatable bonds is 8. The molecule has 0 saturated heterocycles. The van der Waals surface area contributed by atoms with Gasteiger partial charge in [0.2, 0.25) is 0 Å². The second kappa shape index (κ2) is 9.17. The Morgan fingerprint density at radius 2 is 2.03 bits per heavy atom. The lowest BCUT2D eigenvalue weighted by Gasteiger charge is -2.05. The Balaban J connectivity index is 1.85. The van der Waals surface area contributed by atoms with Gasteiger partial charge in [0.15, 0.2) is 0 Å². The normalized spacial score (nSPS) is 11.9. The topological polar surface area (TPSA) is 129 Å². The second-order valence-electron chi connectivity index (χ2n) is 6.97. The van der Waals surface area contributed by atoms with Gasteiger partial charge >= 0.3 is 0 Å². The summed E-state index contributed by atoms with van der Waals surface area (Å²) >= 11 is 1.43. The predicted octanol–water partition coefficient (Wildman–Crippen LogP) is 2.78. The molecule has 3 aromatic heterocycles. The Morgan fingerprint density at radius 3 is 2.77 bits per heavy atom. The van der Waals surface area contributed by atoms with Gasteiger partial charge in [-0.05, 0) is 18.6 Å². The van der Waals surface area contributed by atoms with Gasteiger partial charge in [0, 0.05) is 37.2 Å². The summed E-state index contributed by atoms with van der Waals surface area (Å²) in [6, 6.07) is 13.8. The van der Waals surface area contributed by atoms with Crippen molar-refractivity contribution in [2.45, 2.75) is 13.5 Å². The third-order valence-corrected chi connectivity index (χ3v) is 5.90. The summed E-state index contributed by atoms with van der Waals surface area (Å²) in [7, 11) is 0. The summed E-state index contributed by atoms with van der Waals surface area (Å²) in [6.07, 6.45) is 2.76. The molecule has 5 N–H and O–H groups in total. The number of pyridine rings is 1. The largest absolute Gasteiger partial charge is 0.472 e. The van der Waals surface area contributed by atoms with Gasteiger partial charge in [-0.15, -0.1) is 17.7 Å². The molecule has 3 heterocycles. The number of aryl methyl sites for hydroxylation is 1. The first-order valence-electron chi connectivity index (χ1n) is 9.87. The fourth-order valence-corrected chi connectivity index (χ4v) is 4.50. The second-order valence-corrected chi connectivity index (χ2v) is 7.97. The molecule has 0 saturated carbocycles. The zero-order chi connectivity index (χ0) is 21.8. The molecule has 4 aromatic rings. The summed E-state index contributed by atoms with van der Waals surface area (Å²) in [5.74, 6) is 0.211. The highest BCUT2D eigenvalue weighted by Crippen LogP contribution is 2.35. The van der Waals surface area contributed by atoms with Crippen LogP contribution in [-0.2, 0) is 6.54 Å². The molecule has 0 aliphatic carbocycles. The Morgan fingerprint density at radius 1 is 1.23 bits per heavy atom. The van der Waals surface area contributed by atoms with E-state index in [1.807, 2.05) is 43.3 Å². The van der Waals surface area contributed by atoms with E-state index in [1.165, 1.54) is 11.3 Å². The molecule has 0 fully saturated rings. The van der Waals surface area contributed by atoms with Crippen molar-refractivity contribution in [3.05, 3.63) is 70.2 Å². The number of benzene rings is 1. The summed E-state index contributed by atoms with van der Waals surface area (Å²) in [4.78, 5) is 14.2. The fourth-order valence-electron chi connectivity index (χ4n) is 3.41. The van der Waals surface area contributed by atoms with Gasteiger partial charge in [0.25, 0.3) is 0 Å². The predicted molar refractivity (Wildman–Crippen MR) is 127 cm³/mol. The minimum atomic E-state index is 0.211. The van der Waals surface area contributed by atoms with Gasteiger partial charge in [0.1, 0.15) is 16.3 Å². The molecule has 31 heavy (non-hydrogen) atoms. The van der Waals surface area contributed by atoms with Crippen LogP contribution in [0.15, 0.2) is 53.7 Å². The molecule has 0 aliphatic heterocycles. The number of thiazole rings is 1. The first-order chi connectivity index (χ1) is 15.1. The van der Waals surface area contributed by atoms with Gasteiger partial charge in [-0.1, -0.05) is 36.4 Å². The van der Waals surface area contributed by atoms with Crippen LogP contribution in [-0.4, -0.2) is 39.6 Å². The van der Waals surface area contributed by atoms with Gasteiger partial charge in [-0.25, -0.2) is 9.97 Å². The van der Waals surface area contributed by atoms with Crippen LogP contribution in [0.2, 0.25) is 0 Å². The van der Waals surface area contributed by atoms with Crippen LogP contribution in [0, 0.1) is 6.92 Å². The molecule has 8 nitrogen and oxygen atoms in total. The molecule has 1 aromatic carbocycles. The van der Waals surface area contributed by atoms with Crippen LogP contribution >= 0.6 is 11.3 Å². The minimum absolute atomic E-state index is 0.211. The van der Waals surface area contributed by atoms with Crippen LogP contribution in [0.5, 0.6) is 0 Å². The highest BCUT2D eigenvalue weighted by atomic mass is 32.1. The van der Waals surface area contributed by atoms with E-state index in [0.29, 0.717) is 24.3 Å². The molecule has 158 valence electrons. The van der Waals surface area contributed by atoms with E-state index in [1.54, 1.807) is 0 Å². The smallest absolute Gasteiger partial charge is 0.143 e. The highest BCUT2D eigenvalue weighted by Gasteiger charge is 2.20. The maximum Gasteiger partial charge on any atom is 0.143 e. The zero-order valence-electron chi connectivity index (χ0n) is 17.1. The quantitative estimate of drug-likeness (QED) is 0.224. The number of imidazole rings is 1. The standard InChI is InChI=1S/C22H23N8S/c1-14-19(30-12-15(11-26-10-9-23)7-8-17(30)28-14)22-29-18(16-5-3-2-4-6-16)20(31-22)21(25)27-13-24/h2-8,12-13,26H,9-11,23H2,1H3,(H2-,24,25,27)/q-1. The van der Waals surface area contributed by atoms with E-state index < -0.39 is 0 Å². The molecule has 0 amide bonds. The van der Waals surface area contributed by atoms with E-state index in [2.05, 4.69) is 27.0 Å². The third kappa shape index (κ3) is 4.24. The van der Waals surface area contributed by atoms with Crippen LogP contribution in [0.1, 0.15) is 16.1 Å². The maximum absolute atomic E-state index is 9.12. The number of fused-ring (bicyclic) bond motifs is 1. The summed E-state index contributed by atoms with van der Waals surface area (Å²) in [6.45, 7) is 4.03. The monoisotopic (exact) mass is 431 g/mol. The van der Waals surface area contributed by atoms with Gasteiger partial charge in [-0.2, -0.15) is 0 Å². The lowest BCUT2D eigenvalue weighted by atomic mass is 10.1. The van der Waals surface area contributed by atoms with Gasteiger partial charge in [-0.3, -0.25) is 4.40 Å². The Hall–Kier alpha value is -3.40. The van der Waals surface area contributed by atoms with Crippen molar-refractivity contribution in [1.29, 1.82) is 0 Å². The fraction of sp³-hybridized carbons (Fsp3) is 0.182. The van der Waals surface area contributed by atoms with Gasteiger partial charge in [0.05, 0.1) is 16.3 Å². The van der Waals surface area contributed by atoms with E-state index in [9.17, 15) is 0 Å². The number of nitrogens with two attached hydrogens (primary N) is 2. The third-order valence-electron chi connectivity index (χ3n) is 4.81. The lowest BCUT2D eigenvalue weighted by molar-refractivity contribution is 0.692. The van der Waals surface area contributed by atoms with E-state index >= 15 is 0 Å². The first-order valence-corrected chi connectivity index (χ1v) is 10.7. The molecule has 4 rings (SSSR count). The highest BCUT2D eigenvalue weighted by molar-refractivity contribution is 7.17. The molecule has 0 aliphatic rings. The summed E-state index contributed by atoms with van der Waals surface area (Å²) < 4.78 is 2.05. The van der Waals surface area contributed by atoms with Crippen molar-refractivity contribution in [1.82, 2.24) is 19.7 Å². The molecule has 0 radical (unpaired) electrons. The van der Waals surface area contributed by atoms with Crippen LogP contribution in [0.25, 0.3) is 33.0 Å². The Labute approximate surface area is 184 Å². The van der Waals surface area contributed by atoms with Crippen molar-refractivity contribution in [3.8, 4) is 22.0 Å². The zero-order valence-corrected chi connectivity index (χ0v) is 17.9. The summed E-state index contributed by atoms with van der Waals surface area (Å²) in [5.41, 5.74) is 17.1. The maximum atomic E-state index is 9.12. The molecular weight excluding hydrogens is 408 g/mol. The SMILES string of the molecule is Cc1nc2ccc(CNCCN)cn2c1-c1nc(-c2ccccc2)c(C(N)=NC=[N-])s1. The number of amidine groups is 1. The van der Waals surface area contributed by atoms with Gasteiger partial charge < -0.3 is 27.2 Å². The van der Waals surface area contributed by atoms with Crippen molar-refractivity contribution in [3.63, 3.8) is 0 Å². The molecule has 0 spiro atoms. The Kier molecular flexibility index (Phi) is 6.17. The Bertz CT molecular complexity index is 1240. The van der Waals surface area contributed by atoms with Crippen molar-refractivity contribution < 1.29 is 0 Å². The lowest BCUT2D eigenvalue weighted by Crippen LogP contribution is -2.21.